The minimum atomic E-state index is -0.766. The number of methoxy groups -OCH3 is 1. The Morgan fingerprint density at radius 2 is 1.89 bits per heavy atom. The molecule has 0 aromatic heterocycles. The van der Waals surface area contributed by atoms with Gasteiger partial charge in [0.15, 0.2) is 5.78 Å². The molecule has 0 saturated carbocycles. The molecule has 0 fully saturated rings. The van der Waals surface area contributed by atoms with Crippen molar-refractivity contribution in [1.82, 2.24) is 10.6 Å². The molecule has 1 amide bonds. The van der Waals surface area contributed by atoms with Gasteiger partial charge in [-0.2, -0.15) is 0 Å². The van der Waals surface area contributed by atoms with Crippen LogP contribution >= 0.6 is 0 Å². The van der Waals surface area contributed by atoms with E-state index in [1.165, 1.54) is 21.0 Å². The maximum atomic E-state index is 12.8. The first kappa shape index (κ1) is 20.2. The highest BCUT2D eigenvalue weighted by atomic mass is 16.5. The first-order valence-electron chi connectivity index (χ1n) is 8.42. The van der Waals surface area contributed by atoms with E-state index in [1.807, 2.05) is 0 Å². The van der Waals surface area contributed by atoms with Crippen LogP contribution in [0, 0.1) is 0 Å². The van der Waals surface area contributed by atoms with Gasteiger partial charge in [0.2, 0.25) is 11.7 Å². The number of fused-ring (bicyclic) bond motifs is 1. The van der Waals surface area contributed by atoms with Gasteiger partial charge < -0.3 is 20.1 Å². The van der Waals surface area contributed by atoms with E-state index < -0.39 is 12.0 Å². The van der Waals surface area contributed by atoms with E-state index in [2.05, 4.69) is 10.6 Å². The van der Waals surface area contributed by atoms with Gasteiger partial charge in [0.05, 0.1) is 18.4 Å². The van der Waals surface area contributed by atoms with Gasteiger partial charge in [-0.1, -0.05) is 12.1 Å². The fourth-order valence-electron chi connectivity index (χ4n) is 2.76. The Labute approximate surface area is 156 Å². The molecule has 0 saturated heterocycles. The summed E-state index contributed by atoms with van der Waals surface area (Å²) in [5.41, 5.74) is 0.967. The lowest BCUT2D eigenvalue weighted by molar-refractivity contribution is -0.147. The third-order valence-corrected chi connectivity index (χ3v) is 4.08. The summed E-state index contributed by atoms with van der Waals surface area (Å²) in [7, 11) is 1.43. The topological polar surface area (TPSA) is 111 Å². The van der Waals surface area contributed by atoms with Crippen molar-refractivity contribution in [2.45, 2.75) is 26.8 Å². The van der Waals surface area contributed by atoms with Gasteiger partial charge in [0, 0.05) is 24.6 Å². The number of carbonyl (C=O) groups excluding carboxylic acids is 4. The van der Waals surface area contributed by atoms with Crippen LogP contribution in [-0.4, -0.2) is 49.7 Å². The van der Waals surface area contributed by atoms with Gasteiger partial charge in [0.1, 0.15) is 18.4 Å². The highest BCUT2D eigenvalue weighted by molar-refractivity contribution is 6.27. The molecule has 1 aliphatic carbocycles. The minimum absolute atomic E-state index is 0.0280. The van der Waals surface area contributed by atoms with E-state index in [1.54, 1.807) is 25.1 Å². The Morgan fingerprint density at radius 3 is 2.52 bits per heavy atom. The average molecular weight is 374 g/mol. The van der Waals surface area contributed by atoms with E-state index >= 15 is 0 Å². The maximum Gasteiger partial charge on any atom is 0.328 e. The molecule has 1 aromatic rings. The number of hydrogen-bond donors (Lipinski definition) is 2. The normalized spacial score (nSPS) is 14.4. The number of hydrogen-bond acceptors (Lipinski definition) is 7. The van der Waals surface area contributed by atoms with Gasteiger partial charge in [-0.15, -0.1) is 0 Å². The molecule has 0 bridgehead atoms. The number of nitrogens with one attached hydrogen (secondary N) is 2. The van der Waals surface area contributed by atoms with Crippen LogP contribution in [0.15, 0.2) is 29.5 Å². The van der Waals surface area contributed by atoms with Crippen molar-refractivity contribution in [3.05, 3.63) is 40.6 Å². The van der Waals surface area contributed by atoms with E-state index in [9.17, 15) is 19.2 Å². The summed E-state index contributed by atoms with van der Waals surface area (Å²) in [5, 5.41) is 5.29. The summed E-state index contributed by atoms with van der Waals surface area (Å²) >= 11 is 0. The standard InChI is InChI=1S/C19H22N2O6/c1-10-16(20-8-9-27-19(25)11(2)21-12(3)22)18(24)15-13(17(10)23)6-5-7-14(15)26-4/h5-7,11,20H,8-9H2,1-4H3,(H,21,22)/t11-/m0/s1. The van der Waals surface area contributed by atoms with Crippen molar-refractivity contribution in [3.63, 3.8) is 0 Å². The predicted octanol–water partition coefficient (Wildman–Crippen LogP) is 1.01. The Balaban J connectivity index is 2.03. The molecule has 8 heteroatoms. The van der Waals surface area contributed by atoms with Crippen LogP contribution in [-0.2, 0) is 14.3 Å². The van der Waals surface area contributed by atoms with Gasteiger partial charge in [0.25, 0.3) is 0 Å². The smallest absolute Gasteiger partial charge is 0.328 e. The summed E-state index contributed by atoms with van der Waals surface area (Å²) < 4.78 is 10.3. The lowest BCUT2D eigenvalue weighted by Crippen LogP contribution is -2.39. The minimum Gasteiger partial charge on any atom is -0.496 e. The Bertz CT molecular complexity index is 827. The predicted molar refractivity (Wildman–Crippen MR) is 96.6 cm³/mol. The third kappa shape index (κ3) is 4.33. The zero-order valence-corrected chi connectivity index (χ0v) is 15.7. The quantitative estimate of drug-likeness (QED) is 0.541. The molecule has 1 aromatic carbocycles. The largest absolute Gasteiger partial charge is 0.496 e. The lowest BCUT2D eigenvalue weighted by Gasteiger charge is -2.22. The van der Waals surface area contributed by atoms with E-state index in [4.69, 9.17) is 9.47 Å². The highest BCUT2D eigenvalue weighted by Gasteiger charge is 2.32. The highest BCUT2D eigenvalue weighted by Crippen LogP contribution is 2.31. The van der Waals surface area contributed by atoms with Crippen molar-refractivity contribution < 1.29 is 28.7 Å². The summed E-state index contributed by atoms with van der Waals surface area (Å²) in [6.45, 7) is 4.49. The first-order valence-corrected chi connectivity index (χ1v) is 8.42. The SMILES string of the molecule is COc1cccc2c1C(=O)C(NCCOC(=O)[C@H](C)NC(C)=O)=C(C)C2=O. The van der Waals surface area contributed by atoms with Crippen LogP contribution < -0.4 is 15.4 Å². The molecule has 0 heterocycles. The molecule has 27 heavy (non-hydrogen) atoms. The number of benzene rings is 1. The molecule has 0 spiro atoms. The van der Waals surface area contributed by atoms with Crippen LogP contribution in [0.2, 0.25) is 0 Å². The van der Waals surface area contributed by atoms with E-state index in [-0.39, 0.29) is 41.9 Å². The summed E-state index contributed by atoms with van der Waals surface area (Å²) in [5.74, 6) is -1.21. The number of amides is 1. The molecule has 0 radical (unpaired) electrons. The van der Waals surface area contributed by atoms with Crippen LogP contribution in [0.1, 0.15) is 41.5 Å². The number of carbonyl (C=O) groups is 4. The van der Waals surface area contributed by atoms with Crippen LogP contribution in [0.5, 0.6) is 5.75 Å². The fraction of sp³-hybridized carbons (Fsp3) is 0.368. The molecular formula is C19H22N2O6. The van der Waals surface area contributed by atoms with Crippen molar-refractivity contribution in [3.8, 4) is 5.75 Å². The Morgan fingerprint density at radius 1 is 1.19 bits per heavy atom. The van der Waals surface area contributed by atoms with Crippen LogP contribution in [0.4, 0.5) is 0 Å². The number of ketones is 2. The Hall–Kier alpha value is -3.16. The number of Topliss-reactive ketones (excluding diaryl/α,β-unsaturated/α-hetero) is 2. The van der Waals surface area contributed by atoms with Gasteiger partial charge in [-0.05, 0) is 19.9 Å². The van der Waals surface area contributed by atoms with Crippen LogP contribution in [0.25, 0.3) is 0 Å². The van der Waals surface area contributed by atoms with E-state index in [0.717, 1.165) is 0 Å². The van der Waals surface area contributed by atoms with Gasteiger partial charge in [-0.25, -0.2) is 4.79 Å². The number of esters is 1. The monoisotopic (exact) mass is 374 g/mol. The van der Waals surface area contributed by atoms with Gasteiger partial charge in [-0.3, -0.25) is 14.4 Å². The number of rotatable bonds is 7. The number of ether oxygens (including phenoxy) is 2. The van der Waals surface area contributed by atoms with Gasteiger partial charge >= 0.3 is 5.97 Å². The zero-order valence-electron chi connectivity index (χ0n) is 15.7. The van der Waals surface area contributed by atoms with Crippen molar-refractivity contribution in [2.24, 2.45) is 0 Å². The second kappa shape index (κ2) is 8.48. The maximum absolute atomic E-state index is 12.8. The average Bonchev–Trinajstić information content (AvgIpc) is 2.64. The van der Waals surface area contributed by atoms with Crippen molar-refractivity contribution in [1.29, 1.82) is 0 Å². The van der Waals surface area contributed by atoms with Crippen LogP contribution in [0.3, 0.4) is 0 Å². The molecule has 2 N–H and O–H groups in total. The molecule has 144 valence electrons. The van der Waals surface area contributed by atoms with Crippen molar-refractivity contribution in [2.75, 3.05) is 20.3 Å². The summed E-state index contributed by atoms with van der Waals surface area (Å²) in [6, 6.07) is 4.10. The third-order valence-electron chi connectivity index (χ3n) is 4.08. The lowest BCUT2D eigenvalue weighted by atomic mass is 9.87. The molecular weight excluding hydrogens is 352 g/mol. The first-order chi connectivity index (χ1) is 12.8. The molecule has 0 unspecified atom stereocenters. The van der Waals surface area contributed by atoms with Crippen molar-refractivity contribution >= 4 is 23.4 Å². The summed E-state index contributed by atoms with van der Waals surface area (Å²) in [4.78, 5) is 48.0. The second-order valence-electron chi connectivity index (χ2n) is 6.06. The molecule has 1 atom stereocenters. The van der Waals surface area contributed by atoms with E-state index in [0.29, 0.717) is 16.9 Å². The molecule has 8 nitrogen and oxygen atoms in total. The Kier molecular flexibility index (Phi) is 6.33. The molecule has 1 aliphatic rings. The fourth-order valence-corrected chi connectivity index (χ4v) is 2.76. The zero-order chi connectivity index (χ0) is 20.1. The second-order valence-corrected chi connectivity index (χ2v) is 6.06. The number of allylic oxidation sites excluding steroid dienone is 2. The molecule has 2 rings (SSSR count). The molecule has 0 aliphatic heterocycles. The summed E-state index contributed by atoms with van der Waals surface area (Å²) in [6.07, 6.45) is 0.